The van der Waals surface area contributed by atoms with Crippen molar-refractivity contribution in [3.63, 3.8) is 0 Å². The lowest BCUT2D eigenvalue weighted by atomic mass is 10.1. The predicted molar refractivity (Wildman–Crippen MR) is 71.3 cm³/mol. The smallest absolute Gasteiger partial charge is 0.256 e. The SMILES string of the molecule is Nc1cc(Br)ccc1C(=O)N1CCOCC1CO. The van der Waals surface area contributed by atoms with Gasteiger partial charge in [0.2, 0.25) is 0 Å². The van der Waals surface area contributed by atoms with Crippen LogP contribution in [0.2, 0.25) is 0 Å². The van der Waals surface area contributed by atoms with Crippen LogP contribution < -0.4 is 5.73 Å². The second-order valence-electron chi connectivity index (χ2n) is 4.14. The van der Waals surface area contributed by atoms with Crippen molar-refractivity contribution in [2.24, 2.45) is 0 Å². The van der Waals surface area contributed by atoms with E-state index >= 15 is 0 Å². The average Bonchev–Trinajstić information content (AvgIpc) is 2.38. The van der Waals surface area contributed by atoms with Gasteiger partial charge >= 0.3 is 0 Å². The van der Waals surface area contributed by atoms with Gasteiger partial charge in [0.05, 0.1) is 31.4 Å². The highest BCUT2D eigenvalue weighted by molar-refractivity contribution is 9.10. The summed E-state index contributed by atoms with van der Waals surface area (Å²) in [6.07, 6.45) is 0. The summed E-state index contributed by atoms with van der Waals surface area (Å²) in [7, 11) is 0. The van der Waals surface area contributed by atoms with E-state index < -0.39 is 0 Å². The van der Waals surface area contributed by atoms with E-state index in [4.69, 9.17) is 10.5 Å². The molecule has 0 bridgehead atoms. The van der Waals surface area contributed by atoms with Crippen LogP contribution in [-0.4, -0.2) is 48.3 Å². The number of hydrogen-bond acceptors (Lipinski definition) is 4. The number of benzene rings is 1. The first-order valence-electron chi connectivity index (χ1n) is 5.68. The molecule has 1 aliphatic rings. The highest BCUT2D eigenvalue weighted by Crippen LogP contribution is 2.21. The van der Waals surface area contributed by atoms with E-state index in [0.29, 0.717) is 31.0 Å². The van der Waals surface area contributed by atoms with Crippen molar-refractivity contribution in [2.75, 3.05) is 32.1 Å². The summed E-state index contributed by atoms with van der Waals surface area (Å²) in [5.41, 5.74) is 6.73. The Hall–Kier alpha value is -1.11. The molecule has 6 heteroatoms. The number of nitrogens with zero attached hydrogens (tertiary/aromatic N) is 1. The van der Waals surface area contributed by atoms with Crippen molar-refractivity contribution < 1.29 is 14.6 Å². The van der Waals surface area contributed by atoms with Gasteiger partial charge in [-0.25, -0.2) is 0 Å². The number of nitrogens with two attached hydrogens (primary N) is 1. The van der Waals surface area contributed by atoms with Gasteiger partial charge in [0.25, 0.3) is 5.91 Å². The molecule has 1 amide bonds. The van der Waals surface area contributed by atoms with E-state index in [9.17, 15) is 9.90 Å². The summed E-state index contributed by atoms with van der Waals surface area (Å²) in [6.45, 7) is 1.21. The summed E-state index contributed by atoms with van der Waals surface area (Å²) in [5.74, 6) is -0.164. The zero-order valence-corrected chi connectivity index (χ0v) is 11.4. The number of halogens is 1. The number of carbonyl (C=O) groups is 1. The van der Waals surface area contributed by atoms with Gasteiger partial charge in [-0.15, -0.1) is 0 Å². The molecule has 0 saturated carbocycles. The van der Waals surface area contributed by atoms with Crippen LogP contribution in [0.25, 0.3) is 0 Å². The fourth-order valence-electron chi connectivity index (χ4n) is 1.96. The van der Waals surface area contributed by atoms with E-state index in [0.717, 1.165) is 4.47 Å². The van der Waals surface area contributed by atoms with Crippen LogP contribution in [-0.2, 0) is 4.74 Å². The third-order valence-electron chi connectivity index (χ3n) is 2.94. The first-order chi connectivity index (χ1) is 8.63. The Bertz CT molecular complexity index is 453. The molecule has 1 aliphatic heterocycles. The maximum atomic E-state index is 12.4. The lowest BCUT2D eigenvalue weighted by Gasteiger charge is -2.34. The molecule has 1 atom stereocenters. The quantitative estimate of drug-likeness (QED) is 0.794. The molecule has 1 aromatic carbocycles. The monoisotopic (exact) mass is 314 g/mol. The number of carbonyl (C=O) groups excluding carboxylic acids is 1. The van der Waals surface area contributed by atoms with Crippen LogP contribution in [0, 0.1) is 0 Å². The minimum Gasteiger partial charge on any atom is -0.398 e. The number of ether oxygens (including phenoxy) is 1. The first kappa shape index (κ1) is 13.3. The first-order valence-corrected chi connectivity index (χ1v) is 6.47. The van der Waals surface area contributed by atoms with Gasteiger partial charge in [-0.05, 0) is 18.2 Å². The van der Waals surface area contributed by atoms with Crippen molar-refractivity contribution in [3.05, 3.63) is 28.2 Å². The summed E-state index contributed by atoms with van der Waals surface area (Å²) in [4.78, 5) is 14.0. The molecule has 18 heavy (non-hydrogen) atoms. The Morgan fingerprint density at radius 1 is 1.61 bits per heavy atom. The zero-order valence-electron chi connectivity index (χ0n) is 9.80. The lowest BCUT2D eigenvalue weighted by Crippen LogP contribution is -2.50. The Morgan fingerprint density at radius 2 is 2.39 bits per heavy atom. The molecule has 5 nitrogen and oxygen atoms in total. The Labute approximate surface area is 114 Å². The van der Waals surface area contributed by atoms with Gasteiger partial charge in [-0.1, -0.05) is 15.9 Å². The number of aliphatic hydroxyl groups is 1. The van der Waals surface area contributed by atoms with Crippen molar-refractivity contribution in [2.45, 2.75) is 6.04 Å². The minimum atomic E-state index is -0.297. The molecule has 0 spiro atoms. The maximum Gasteiger partial charge on any atom is 0.256 e. The third kappa shape index (κ3) is 2.66. The largest absolute Gasteiger partial charge is 0.398 e. The van der Waals surface area contributed by atoms with Crippen LogP contribution in [0.1, 0.15) is 10.4 Å². The van der Waals surface area contributed by atoms with Crippen LogP contribution >= 0.6 is 15.9 Å². The molecule has 1 fully saturated rings. The van der Waals surface area contributed by atoms with Gasteiger partial charge < -0.3 is 20.5 Å². The third-order valence-corrected chi connectivity index (χ3v) is 3.44. The van der Waals surface area contributed by atoms with Gasteiger partial charge in [0, 0.05) is 16.7 Å². The topological polar surface area (TPSA) is 75.8 Å². The van der Waals surface area contributed by atoms with Gasteiger partial charge in [0.15, 0.2) is 0 Å². The summed E-state index contributed by atoms with van der Waals surface area (Å²) in [6, 6.07) is 4.86. The van der Waals surface area contributed by atoms with Crippen molar-refractivity contribution in [1.29, 1.82) is 0 Å². The van der Waals surface area contributed by atoms with Crippen molar-refractivity contribution >= 4 is 27.5 Å². The highest BCUT2D eigenvalue weighted by atomic mass is 79.9. The second-order valence-corrected chi connectivity index (χ2v) is 5.06. The molecular formula is C12H15BrN2O3. The normalized spacial score (nSPS) is 19.9. The average molecular weight is 315 g/mol. The minimum absolute atomic E-state index is 0.109. The fourth-order valence-corrected chi connectivity index (χ4v) is 2.34. The van der Waals surface area contributed by atoms with Gasteiger partial charge in [-0.3, -0.25) is 4.79 Å². The Balaban J connectivity index is 2.24. The van der Waals surface area contributed by atoms with Crippen LogP contribution in [0.4, 0.5) is 5.69 Å². The number of morpholine rings is 1. The van der Waals surface area contributed by atoms with Crippen molar-refractivity contribution in [3.8, 4) is 0 Å². The van der Waals surface area contributed by atoms with Crippen molar-refractivity contribution in [1.82, 2.24) is 4.90 Å². The predicted octanol–water partition coefficient (Wildman–Crippen LogP) is 0.865. The number of aliphatic hydroxyl groups excluding tert-OH is 1. The number of rotatable bonds is 2. The number of hydrogen-bond donors (Lipinski definition) is 2. The van der Waals surface area contributed by atoms with E-state index in [1.54, 1.807) is 23.1 Å². The van der Waals surface area contributed by atoms with E-state index in [2.05, 4.69) is 15.9 Å². The molecule has 0 aliphatic carbocycles. The summed E-state index contributed by atoms with van der Waals surface area (Å²) < 4.78 is 6.08. The molecule has 1 aromatic rings. The Kier molecular flexibility index (Phi) is 4.21. The van der Waals surface area contributed by atoms with Crippen LogP contribution in [0.3, 0.4) is 0 Å². The van der Waals surface area contributed by atoms with Crippen LogP contribution in [0.15, 0.2) is 22.7 Å². The Morgan fingerprint density at radius 3 is 3.06 bits per heavy atom. The summed E-state index contributed by atoms with van der Waals surface area (Å²) in [5, 5.41) is 9.26. The molecule has 2 rings (SSSR count). The molecule has 98 valence electrons. The molecule has 3 N–H and O–H groups in total. The molecule has 0 radical (unpaired) electrons. The lowest BCUT2D eigenvalue weighted by molar-refractivity contribution is -0.0183. The summed E-state index contributed by atoms with van der Waals surface area (Å²) >= 11 is 3.30. The molecule has 0 aromatic heterocycles. The van der Waals surface area contributed by atoms with E-state index in [-0.39, 0.29) is 18.6 Å². The highest BCUT2D eigenvalue weighted by Gasteiger charge is 2.28. The van der Waals surface area contributed by atoms with Gasteiger partial charge in [0.1, 0.15) is 0 Å². The second kappa shape index (κ2) is 5.69. The number of amides is 1. The molecule has 1 heterocycles. The van der Waals surface area contributed by atoms with E-state index in [1.807, 2.05) is 0 Å². The fraction of sp³-hybridized carbons (Fsp3) is 0.417. The molecule has 1 unspecified atom stereocenters. The van der Waals surface area contributed by atoms with E-state index in [1.165, 1.54) is 0 Å². The van der Waals surface area contributed by atoms with Crippen LogP contribution in [0.5, 0.6) is 0 Å². The molecule has 1 saturated heterocycles. The zero-order chi connectivity index (χ0) is 13.1. The number of nitrogen functional groups attached to an aromatic ring is 1. The van der Waals surface area contributed by atoms with Gasteiger partial charge in [-0.2, -0.15) is 0 Å². The molecular weight excluding hydrogens is 300 g/mol. The maximum absolute atomic E-state index is 12.4. The number of anilines is 1. The standard InChI is InChI=1S/C12H15BrN2O3/c13-8-1-2-10(11(14)5-8)12(17)15-3-4-18-7-9(15)6-16/h1-2,5,9,16H,3-4,6-7,14H2.